The smallest absolute Gasteiger partial charge is 0.224 e. The number of aryl methyl sites for hydroxylation is 1. The Bertz CT molecular complexity index is 3420. The van der Waals surface area contributed by atoms with Crippen LogP contribution in [0.5, 0.6) is 0 Å². The summed E-state index contributed by atoms with van der Waals surface area (Å²) in [4.78, 5) is 35.3. The van der Waals surface area contributed by atoms with Crippen LogP contribution in [0.4, 0.5) is 0 Å². The van der Waals surface area contributed by atoms with Gasteiger partial charge in [-0.1, -0.05) is 229 Å². The second-order valence-corrected chi connectivity index (χ2v) is 21.9. The van der Waals surface area contributed by atoms with E-state index >= 15 is 0 Å². The molecule has 10 aromatic rings. The number of hydrogen-bond acceptors (Lipinski definition) is 4. The van der Waals surface area contributed by atoms with Crippen LogP contribution in [0.1, 0.15) is 80.1 Å². The fourth-order valence-corrected chi connectivity index (χ4v) is 12.4. The zero-order valence-corrected chi connectivity index (χ0v) is 46.2. The minimum Gasteiger partial charge on any atom is -0.356 e. The normalized spacial score (nSPS) is 14.9. The van der Waals surface area contributed by atoms with Crippen LogP contribution in [0.2, 0.25) is 10.0 Å². The first kappa shape index (κ1) is 53.7. The Morgan fingerprint density at radius 3 is 1.11 bits per heavy atom. The van der Waals surface area contributed by atoms with E-state index in [2.05, 4.69) is 202 Å². The van der Waals surface area contributed by atoms with Gasteiger partial charge < -0.3 is 19.8 Å². The second-order valence-electron chi connectivity index (χ2n) is 21.1. The minimum absolute atomic E-state index is 0.0360. The zero-order valence-electron chi connectivity index (χ0n) is 44.7. The fraction of sp³-hybridized carbons (Fsp3) is 0.200. The lowest BCUT2D eigenvalue weighted by atomic mass is 9.76. The third-order valence-electron chi connectivity index (χ3n) is 16.1. The van der Waals surface area contributed by atoms with Crippen molar-refractivity contribution in [3.05, 3.63) is 321 Å². The van der Waals surface area contributed by atoms with Crippen molar-refractivity contribution in [3.8, 4) is 0 Å². The number of nitrogens with one attached hydrogen (secondary N) is 2. The van der Waals surface area contributed by atoms with Gasteiger partial charge in [-0.25, -0.2) is 9.97 Å². The molecule has 0 aliphatic heterocycles. The van der Waals surface area contributed by atoms with Gasteiger partial charge in [0.25, 0.3) is 0 Å². The number of nitrogens with zero attached hydrogens (tertiary/aromatic N) is 4. The summed E-state index contributed by atoms with van der Waals surface area (Å²) in [7, 11) is 0. The van der Waals surface area contributed by atoms with Gasteiger partial charge in [-0.2, -0.15) is 0 Å². The maximum absolute atomic E-state index is 12.8. The molecule has 0 fully saturated rings. The van der Waals surface area contributed by atoms with Crippen molar-refractivity contribution in [1.29, 1.82) is 0 Å². The molecule has 8 aromatic carbocycles. The highest BCUT2D eigenvalue weighted by Gasteiger charge is 2.43. The molecule has 2 unspecified atom stereocenters. The van der Waals surface area contributed by atoms with Gasteiger partial charge in [0.1, 0.15) is 11.1 Å². The van der Waals surface area contributed by atoms with E-state index in [9.17, 15) is 9.59 Å². The molecule has 2 atom stereocenters. The molecule has 8 nitrogen and oxygen atoms in total. The van der Waals surface area contributed by atoms with Crippen molar-refractivity contribution in [1.82, 2.24) is 29.7 Å². The second kappa shape index (κ2) is 24.8. The molecule has 0 saturated carbocycles. The van der Waals surface area contributed by atoms with Gasteiger partial charge >= 0.3 is 0 Å². The van der Waals surface area contributed by atoms with Gasteiger partial charge in [0.15, 0.2) is 0 Å². The quantitative estimate of drug-likeness (QED) is 0.0943. The molecule has 80 heavy (non-hydrogen) atoms. The third-order valence-corrected chi connectivity index (χ3v) is 16.6. The van der Waals surface area contributed by atoms with Gasteiger partial charge in [-0.3, -0.25) is 9.59 Å². The van der Waals surface area contributed by atoms with Crippen LogP contribution in [-0.4, -0.2) is 44.0 Å². The molecule has 10 heteroatoms. The SMILES string of the molecule is O=C(Cc1ccc(Cl)cc1)NCC1CCc2c(ncn2C(c2ccccc2)(c2ccccc2)c2ccccc2)C1.O=C(Cc1ccc(Cl)cc1)NCC1CCc2ncn(C(c3ccccc3)(c3ccccc3)c3ccccc3)c2C1. The van der Waals surface area contributed by atoms with Crippen LogP contribution in [0.25, 0.3) is 0 Å². The van der Waals surface area contributed by atoms with Crippen molar-refractivity contribution in [2.45, 2.75) is 62.4 Å². The predicted molar refractivity (Wildman–Crippen MR) is 321 cm³/mol. The van der Waals surface area contributed by atoms with Crippen molar-refractivity contribution in [3.63, 3.8) is 0 Å². The molecule has 400 valence electrons. The maximum atomic E-state index is 12.8. The van der Waals surface area contributed by atoms with E-state index < -0.39 is 11.1 Å². The van der Waals surface area contributed by atoms with Gasteiger partial charge in [0.2, 0.25) is 11.8 Å². The number of amides is 2. The molecule has 0 radical (unpaired) electrons. The number of benzene rings is 8. The summed E-state index contributed by atoms with van der Waals surface area (Å²) in [6, 6.07) is 79.2. The van der Waals surface area contributed by atoms with E-state index in [4.69, 9.17) is 33.2 Å². The fourth-order valence-electron chi connectivity index (χ4n) is 12.2. The van der Waals surface area contributed by atoms with E-state index in [1.54, 1.807) is 0 Å². The number of carbonyl (C=O) groups is 2. The van der Waals surface area contributed by atoms with E-state index in [0.717, 1.165) is 61.0 Å². The summed E-state index contributed by atoms with van der Waals surface area (Å²) in [5.41, 5.74) is 12.7. The molecule has 2 N–H and O–H groups in total. The number of carbonyl (C=O) groups excluding carboxylic acids is 2. The Morgan fingerprint density at radius 2 is 0.738 bits per heavy atom. The lowest BCUT2D eigenvalue weighted by molar-refractivity contribution is -0.121. The topological polar surface area (TPSA) is 93.8 Å². The number of rotatable bonds is 16. The van der Waals surface area contributed by atoms with Crippen LogP contribution in [-0.2, 0) is 59.2 Å². The molecule has 2 aliphatic rings. The highest BCUT2D eigenvalue weighted by molar-refractivity contribution is 6.30. The summed E-state index contributed by atoms with van der Waals surface area (Å²) in [6.45, 7) is 1.30. The molecule has 2 aliphatic carbocycles. The van der Waals surface area contributed by atoms with E-state index in [1.165, 1.54) is 44.8 Å². The molecule has 0 bridgehead atoms. The Balaban J connectivity index is 0.000000169. The summed E-state index contributed by atoms with van der Waals surface area (Å²) < 4.78 is 4.79. The average Bonchev–Trinajstić information content (AvgIpc) is 3.85. The van der Waals surface area contributed by atoms with Crippen molar-refractivity contribution >= 4 is 35.0 Å². The van der Waals surface area contributed by atoms with E-state index in [1.807, 2.05) is 61.2 Å². The number of halogens is 2. The summed E-state index contributed by atoms with van der Waals surface area (Å²) in [5, 5.41) is 7.70. The molecule has 12 rings (SSSR count). The van der Waals surface area contributed by atoms with Gasteiger partial charge in [-0.15, -0.1) is 0 Å². The monoisotopic (exact) mass is 1090 g/mol. The molecule has 2 amide bonds. The van der Waals surface area contributed by atoms with Crippen LogP contribution in [0.3, 0.4) is 0 Å². The highest BCUT2D eigenvalue weighted by Crippen LogP contribution is 2.45. The van der Waals surface area contributed by atoms with Gasteiger partial charge in [-0.05, 0) is 119 Å². The first-order chi connectivity index (χ1) is 39.3. The average molecular weight is 1090 g/mol. The number of imidazole rings is 2. The Labute approximate surface area is 479 Å². The van der Waals surface area contributed by atoms with E-state index in [-0.39, 0.29) is 11.8 Å². The van der Waals surface area contributed by atoms with Gasteiger partial charge in [0, 0.05) is 34.5 Å². The Kier molecular flexibility index (Phi) is 16.6. The number of hydrogen-bond donors (Lipinski definition) is 2. The lowest BCUT2D eigenvalue weighted by Gasteiger charge is -2.39. The summed E-state index contributed by atoms with van der Waals surface area (Å²) >= 11 is 12.0. The Morgan fingerprint density at radius 1 is 0.412 bits per heavy atom. The maximum Gasteiger partial charge on any atom is 0.224 e. The van der Waals surface area contributed by atoms with E-state index in [0.29, 0.717) is 47.8 Å². The predicted octanol–water partition coefficient (Wildman–Crippen LogP) is 13.7. The number of fused-ring (bicyclic) bond motifs is 2. The van der Waals surface area contributed by atoms with Crippen LogP contribution < -0.4 is 10.6 Å². The summed E-state index contributed by atoms with van der Waals surface area (Å²) in [6.07, 6.45) is 10.3. The van der Waals surface area contributed by atoms with Crippen molar-refractivity contribution in [2.75, 3.05) is 13.1 Å². The Hall–Kier alpha value is -8.30. The van der Waals surface area contributed by atoms with Crippen LogP contribution in [0, 0.1) is 11.8 Å². The van der Waals surface area contributed by atoms with Crippen LogP contribution >= 0.6 is 23.2 Å². The third kappa shape index (κ3) is 11.4. The minimum atomic E-state index is -0.579. The van der Waals surface area contributed by atoms with Crippen LogP contribution in [0.15, 0.2) is 243 Å². The van der Waals surface area contributed by atoms with Crippen molar-refractivity contribution in [2.24, 2.45) is 11.8 Å². The first-order valence-corrected chi connectivity index (χ1v) is 28.5. The number of aromatic nitrogens is 4. The molecule has 0 saturated heterocycles. The molecule has 2 heterocycles. The molecule has 0 spiro atoms. The summed E-state index contributed by atoms with van der Waals surface area (Å²) in [5.74, 6) is 0.755. The molecular weight excluding hydrogens is 1030 g/mol. The lowest BCUT2D eigenvalue weighted by Crippen LogP contribution is -2.40. The highest BCUT2D eigenvalue weighted by atomic mass is 35.5. The standard InChI is InChI=1S/2C35H32ClN3O/c36-31-19-16-26(17-20-31)23-34(40)37-24-27-18-21-33-32(22-27)38-25-39(33)35(28-10-4-1-5-11-28,29-12-6-2-7-13-29)30-14-8-3-9-15-30;36-31-19-16-26(17-20-31)23-34(40)37-24-27-18-21-32-33(22-27)39(25-38-32)35(28-10-4-1-5-11-28,29-12-6-2-7-13-29)30-14-8-3-9-15-30/h2*1-17,19-20,25,27H,18,21-24H2,(H,37,40). The van der Waals surface area contributed by atoms with Gasteiger partial charge in [0.05, 0.1) is 36.9 Å². The zero-order chi connectivity index (χ0) is 54.7. The molecular formula is C70H64Cl2N6O2. The first-order valence-electron chi connectivity index (χ1n) is 27.8. The molecule has 2 aromatic heterocycles. The van der Waals surface area contributed by atoms with Crippen molar-refractivity contribution < 1.29 is 9.59 Å². The largest absolute Gasteiger partial charge is 0.356 e.